The van der Waals surface area contributed by atoms with Gasteiger partial charge >= 0.3 is 23.9 Å². The van der Waals surface area contributed by atoms with Gasteiger partial charge in [0.05, 0.1) is 31.7 Å². The van der Waals surface area contributed by atoms with Gasteiger partial charge in [-0.3, -0.25) is 38.7 Å². The average molecular weight is 542 g/mol. The number of aliphatic carboxylic acids is 4. The standard InChI is InChI=1S/C22H31N5O9S/c28-17(29)11-25(12-18(30)31)6-8-27(9-7-26(13-19(32)33)14-20(34)35)21(24-15-37)22(36)23-10-16-4-2-1-3-5-16/h1-5,15,21H,6-14H2,(H,23,36)(H,24,37)(H,28,29)(H,30,31)(H,32,33)(H,34,35). The Kier molecular flexibility index (Phi) is 14.3. The van der Waals surface area contributed by atoms with Crippen LogP contribution in [-0.4, -0.2) is 129 Å². The molecule has 0 aliphatic carbocycles. The van der Waals surface area contributed by atoms with Crippen LogP contribution in [0.3, 0.4) is 0 Å². The number of carbonyl (C=O) groups is 5. The van der Waals surface area contributed by atoms with Crippen LogP contribution < -0.4 is 10.6 Å². The molecule has 0 radical (unpaired) electrons. The molecule has 1 unspecified atom stereocenters. The number of nitrogens with zero attached hydrogens (tertiary/aromatic N) is 3. The highest BCUT2D eigenvalue weighted by Gasteiger charge is 2.27. The molecule has 0 aliphatic heterocycles. The second kappa shape index (κ2) is 16.9. The maximum Gasteiger partial charge on any atom is 0.317 e. The summed E-state index contributed by atoms with van der Waals surface area (Å²) in [6.45, 7) is -2.23. The predicted octanol–water partition coefficient (Wildman–Crippen LogP) is -1.58. The molecule has 0 fully saturated rings. The highest BCUT2D eigenvalue weighted by molar-refractivity contribution is 7.78. The number of benzene rings is 1. The molecule has 1 atom stereocenters. The lowest BCUT2D eigenvalue weighted by atomic mass is 10.2. The number of carboxylic acid groups (broad SMARTS) is 4. The normalized spacial score (nSPS) is 11.8. The van der Waals surface area contributed by atoms with Crippen LogP contribution in [-0.2, 0) is 30.5 Å². The van der Waals surface area contributed by atoms with E-state index in [0.717, 1.165) is 20.9 Å². The summed E-state index contributed by atoms with van der Waals surface area (Å²) in [7, 11) is 0. The van der Waals surface area contributed by atoms with E-state index in [1.165, 1.54) is 4.90 Å². The Labute approximate surface area is 218 Å². The molecule has 0 heterocycles. The number of amides is 1. The van der Waals surface area contributed by atoms with E-state index in [9.17, 15) is 24.0 Å². The molecule has 37 heavy (non-hydrogen) atoms. The quantitative estimate of drug-likeness (QED) is 0.0816. The van der Waals surface area contributed by atoms with E-state index in [-0.39, 0.29) is 32.7 Å². The highest BCUT2D eigenvalue weighted by atomic mass is 32.1. The third-order valence-electron chi connectivity index (χ3n) is 4.99. The predicted molar refractivity (Wildman–Crippen MR) is 134 cm³/mol. The molecule has 0 spiro atoms. The lowest BCUT2D eigenvalue weighted by molar-refractivity contribution is -0.143. The van der Waals surface area contributed by atoms with E-state index in [2.05, 4.69) is 10.6 Å². The van der Waals surface area contributed by atoms with Crippen molar-refractivity contribution in [2.45, 2.75) is 12.7 Å². The van der Waals surface area contributed by atoms with Crippen LogP contribution in [0.2, 0.25) is 0 Å². The minimum absolute atomic E-state index is 0.0197. The van der Waals surface area contributed by atoms with Crippen molar-refractivity contribution in [2.75, 3.05) is 52.4 Å². The van der Waals surface area contributed by atoms with Gasteiger partial charge in [0.15, 0.2) is 6.17 Å². The van der Waals surface area contributed by atoms with Crippen LogP contribution in [0.1, 0.15) is 5.56 Å². The van der Waals surface area contributed by atoms with E-state index in [1.807, 2.05) is 18.2 Å². The molecule has 0 aromatic heterocycles. The third-order valence-corrected chi connectivity index (χ3v) is 5.13. The van der Waals surface area contributed by atoms with Gasteiger partial charge in [-0.25, -0.2) is 0 Å². The summed E-state index contributed by atoms with van der Waals surface area (Å²) < 4.78 is 0. The zero-order chi connectivity index (χ0) is 27.8. The lowest BCUT2D eigenvalue weighted by Gasteiger charge is -2.33. The number of thiocarbonyl (C=S) groups is 1. The fourth-order valence-corrected chi connectivity index (χ4v) is 3.52. The first-order valence-electron chi connectivity index (χ1n) is 11.1. The first-order valence-corrected chi connectivity index (χ1v) is 11.6. The van der Waals surface area contributed by atoms with Gasteiger partial charge in [-0.15, -0.1) is 0 Å². The monoisotopic (exact) mass is 541 g/mol. The molecule has 1 aromatic rings. The summed E-state index contributed by atoms with van der Waals surface area (Å²) in [4.78, 5) is 61.5. The number of nitrogens with one attached hydrogen (secondary N) is 2. The number of hydrogen-bond donors (Lipinski definition) is 6. The molecule has 0 aliphatic rings. The maximum absolute atomic E-state index is 13.1. The van der Waals surface area contributed by atoms with E-state index in [4.69, 9.17) is 32.6 Å². The summed E-state index contributed by atoms with van der Waals surface area (Å²) in [5.74, 6) is -5.46. The molecule has 0 saturated heterocycles. The number of rotatable bonds is 20. The van der Waals surface area contributed by atoms with Crippen LogP contribution in [0.5, 0.6) is 0 Å². The van der Waals surface area contributed by atoms with Crippen molar-refractivity contribution < 1.29 is 44.4 Å². The summed E-state index contributed by atoms with van der Waals surface area (Å²) >= 11 is 4.87. The lowest BCUT2D eigenvalue weighted by Crippen LogP contribution is -2.57. The molecule has 1 rings (SSSR count). The van der Waals surface area contributed by atoms with E-state index in [0.29, 0.717) is 0 Å². The van der Waals surface area contributed by atoms with Crippen LogP contribution in [0.15, 0.2) is 30.3 Å². The van der Waals surface area contributed by atoms with E-state index >= 15 is 0 Å². The molecular weight excluding hydrogens is 510 g/mol. The SMILES string of the molecule is O=C(O)CN(CCN(CCN(CC(=O)O)CC(=O)O)C(NC=S)C(=O)NCc1ccccc1)CC(=O)O. The fraction of sp³-hybridized carbons (Fsp3) is 0.455. The molecule has 1 aromatic carbocycles. The van der Waals surface area contributed by atoms with Crippen LogP contribution in [0.4, 0.5) is 0 Å². The molecule has 1 amide bonds. The smallest absolute Gasteiger partial charge is 0.317 e. The third kappa shape index (κ3) is 13.9. The van der Waals surface area contributed by atoms with Gasteiger partial charge in [0.25, 0.3) is 5.91 Å². The zero-order valence-electron chi connectivity index (χ0n) is 20.0. The Bertz CT molecular complexity index is 862. The maximum atomic E-state index is 13.1. The van der Waals surface area contributed by atoms with Crippen molar-refractivity contribution in [1.29, 1.82) is 0 Å². The Morgan fingerprint density at radius 1 is 0.757 bits per heavy atom. The molecule has 6 N–H and O–H groups in total. The van der Waals surface area contributed by atoms with Crippen LogP contribution in [0.25, 0.3) is 0 Å². The van der Waals surface area contributed by atoms with Gasteiger partial charge in [0.2, 0.25) is 0 Å². The molecule has 204 valence electrons. The summed E-state index contributed by atoms with van der Waals surface area (Å²) in [6.07, 6.45) is -1.09. The largest absolute Gasteiger partial charge is 0.480 e. The molecule has 0 saturated carbocycles. The van der Waals surface area contributed by atoms with Crippen molar-refractivity contribution in [3.63, 3.8) is 0 Å². The number of hydrogen-bond acceptors (Lipinski definition) is 9. The summed E-state index contributed by atoms with van der Waals surface area (Å²) in [5.41, 5.74) is 1.94. The minimum Gasteiger partial charge on any atom is -0.480 e. The Morgan fingerprint density at radius 3 is 1.57 bits per heavy atom. The summed E-state index contributed by atoms with van der Waals surface area (Å²) in [5, 5.41) is 41.9. The first kappa shape index (κ1) is 31.4. The van der Waals surface area contributed by atoms with Gasteiger partial charge in [-0.2, -0.15) is 0 Å². The van der Waals surface area contributed by atoms with Crippen LogP contribution in [0, 0.1) is 0 Å². The van der Waals surface area contributed by atoms with Crippen LogP contribution >= 0.6 is 12.2 Å². The average Bonchev–Trinajstić information content (AvgIpc) is 2.80. The fourth-order valence-electron chi connectivity index (χ4n) is 3.40. The molecular formula is C22H31N5O9S. The number of carboxylic acids is 4. The summed E-state index contributed by atoms with van der Waals surface area (Å²) in [6, 6.07) is 9.05. The van der Waals surface area contributed by atoms with Gasteiger partial charge in [0, 0.05) is 32.7 Å². The second-order valence-electron chi connectivity index (χ2n) is 7.92. The highest BCUT2D eigenvalue weighted by Crippen LogP contribution is 2.04. The van der Waals surface area contributed by atoms with Crippen molar-refractivity contribution in [2.24, 2.45) is 0 Å². The minimum atomic E-state index is -1.24. The van der Waals surface area contributed by atoms with Crippen molar-refractivity contribution >= 4 is 47.5 Å². The Hall–Kier alpha value is -3.66. The topological polar surface area (TPSA) is 200 Å². The van der Waals surface area contributed by atoms with Gasteiger partial charge in [0.1, 0.15) is 0 Å². The van der Waals surface area contributed by atoms with E-state index < -0.39 is 62.1 Å². The first-order chi connectivity index (χ1) is 17.5. The Morgan fingerprint density at radius 2 is 1.19 bits per heavy atom. The number of carbonyl (C=O) groups excluding carboxylic acids is 1. The van der Waals surface area contributed by atoms with Gasteiger partial charge in [-0.05, 0) is 5.56 Å². The van der Waals surface area contributed by atoms with E-state index in [1.54, 1.807) is 12.1 Å². The van der Waals surface area contributed by atoms with Crippen molar-refractivity contribution in [3.8, 4) is 0 Å². The van der Waals surface area contributed by atoms with Gasteiger partial charge < -0.3 is 31.1 Å². The van der Waals surface area contributed by atoms with Crippen molar-refractivity contribution in [1.82, 2.24) is 25.3 Å². The molecule has 14 nitrogen and oxygen atoms in total. The molecule has 0 bridgehead atoms. The van der Waals surface area contributed by atoms with Gasteiger partial charge in [-0.1, -0.05) is 42.5 Å². The van der Waals surface area contributed by atoms with Crippen molar-refractivity contribution in [3.05, 3.63) is 35.9 Å². The zero-order valence-corrected chi connectivity index (χ0v) is 20.8. The Balaban J connectivity index is 3.09. The molecule has 15 heteroatoms. The second-order valence-corrected chi connectivity index (χ2v) is 8.16.